The lowest BCUT2D eigenvalue weighted by molar-refractivity contribution is 0.668. The summed E-state index contributed by atoms with van der Waals surface area (Å²) in [5, 5.41) is 6.79. The summed E-state index contributed by atoms with van der Waals surface area (Å²) in [6.07, 6.45) is 0. The number of furan rings is 2. The van der Waals surface area contributed by atoms with Crippen LogP contribution in [0.1, 0.15) is 0 Å². The van der Waals surface area contributed by atoms with Crippen molar-refractivity contribution >= 4 is 54.6 Å². The molecule has 252 valence electrons. The van der Waals surface area contributed by atoms with Crippen LogP contribution in [0.2, 0.25) is 0 Å². The molecule has 0 aliphatic heterocycles. The molecule has 8 aromatic carbocycles. The SMILES string of the molecule is c1ccc(-c2nc(-c3cc(-c4ccc5c(c4)oc4ccccc45)cc(-c4ccc5c(c4)oc4ccccc45)c3)cc(-c3ccc4ccccc4c3)n2)cc1. The first-order chi connectivity index (χ1) is 26.7. The third-order valence-corrected chi connectivity index (χ3v) is 10.5. The number of hydrogen-bond donors (Lipinski definition) is 0. The molecule has 3 heterocycles. The van der Waals surface area contributed by atoms with Gasteiger partial charge in [-0.2, -0.15) is 0 Å². The quantitative estimate of drug-likeness (QED) is 0.180. The number of para-hydroxylation sites is 2. The second-order valence-corrected chi connectivity index (χ2v) is 13.8. The Labute approximate surface area is 310 Å². The first-order valence-electron chi connectivity index (χ1n) is 18.1. The fraction of sp³-hybridized carbons (Fsp3) is 0. The monoisotopic (exact) mass is 690 g/mol. The van der Waals surface area contributed by atoms with Gasteiger partial charge in [0, 0.05) is 38.2 Å². The van der Waals surface area contributed by atoms with Crippen LogP contribution in [0.3, 0.4) is 0 Å². The molecular weight excluding hydrogens is 661 g/mol. The molecule has 0 radical (unpaired) electrons. The number of fused-ring (bicyclic) bond motifs is 7. The van der Waals surface area contributed by atoms with Crippen LogP contribution in [0.25, 0.3) is 111 Å². The summed E-state index contributed by atoms with van der Waals surface area (Å²) >= 11 is 0. The van der Waals surface area contributed by atoms with Crippen molar-refractivity contribution in [3.63, 3.8) is 0 Å². The molecule has 0 saturated carbocycles. The van der Waals surface area contributed by atoms with Crippen LogP contribution in [0.5, 0.6) is 0 Å². The molecule has 0 amide bonds. The van der Waals surface area contributed by atoms with Crippen molar-refractivity contribution in [2.45, 2.75) is 0 Å². The minimum absolute atomic E-state index is 0.676. The highest BCUT2D eigenvalue weighted by molar-refractivity contribution is 6.07. The molecule has 0 unspecified atom stereocenters. The molecular formula is C50H30N2O2. The summed E-state index contributed by atoms with van der Waals surface area (Å²) in [5.74, 6) is 0.676. The summed E-state index contributed by atoms with van der Waals surface area (Å²) in [6, 6.07) is 63.4. The van der Waals surface area contributed by atoms with Crippen LogP contribution >= 0.6 is 0 Å². The number of rotatable bonds is 5. The van der Waals surface area contributed by atoms with Crippen LogP contribution in [0, 0.1) is 0 Å². The van der Waals surface area contributed by atoms with Gasteiger partial charge in [-0.3, -0.25) is 0 Å². The van der Waals surface area contributed by atoms with E-state index < -0.39 is 0 Å². The van der Waals surface area contributed by atoms with Gasteiger partial charge in [0.25, 0.3) is 0 Å². The molecule has 0 saturated heterocycles. The Morgan fingerprint density at radius 1 is 0.278 bits per heavy atom. The highest BCUT2D eigenvalue weighted by atomic mass is 16.3. The molecule has 0 fully saturated rings. The van der Waals surface area contributed by atoms with Gasteiger partial charge in [-0.05, 0) is 99.8 Å². The molecule has 0 spiro atoms. The van der Waals surface area contributed by atoms with E-state index in [1.807, 2.05) is 42.5 Å². The van der Waals surface area contributed by atoms with Crippen molar-refractivity contribution in [1.29, 1.82) is 0 Å². The molecule has 0 aliphatic rings. The van der Waals surface area contributed by atoms with E-state index in [9.17, 15) is 0 Å². The molecule has 0 bridgehead atoms. The molecule has 3 aromatic heterocycles. The maximum absolute atomic E-state index is 6.35. The summed E-state index contributed by atoms with van der Waals surface area (Å²) in [5.41, 5.74) is 12.4. The minimum Gasteiger partial charge on any atom is -0.456 e. The maximum Gasteiger partial charge on any atom is 0.160 e. The van der Waals surface area contributed by atoms with Crippen molar-refractivity contribution in [3.05, 3.63) is 182 Å². The molecule has 11 aromatic rings. The van der Waals surface area contributed by atoms with Gasteiger partial charge >= 0.3 is 0 Å². The number of nitrogens with zero attached hydrogens (tertiary/aromatic N) is 2. The summed E-state index contributed by atoms with van der Waals surface area (Å²) in [4.78, 5) is 10.4. The summed E-state index contributed by atoms with van der Waals surface area (Å²) in [7, 11) is 0. The van der Waals surface area contributed by atoms with E-state index in [1.54, 1.807) is 0 Å². The molecule has 4 nitrogen and oxygen atoms in total. The zero-order valence-electron chi connectivity index (χ0n) is 29.0. The van der Waals surface area contributed by atoms with Crippen LogP contribution in [-0.4, -0.2) is 9.97 Å². The van der Waals surface area contributed by atoms with E-state index in [4.69, 9.17) is 18.8 Å². The third-order valence-electron chi connectivity index (χ3n) is 10.5. The summed E-state index contributed by atoms with van der Waals surface area (Å²) in [6.45, 7) is 0. The largest absolute Gasteiger partial charge is 0.456 e. The van der Waals surface area contributed by atoms with Gasteiger partial charge in [0.05, 0.1) is 11.4 Å². The number of hydrogen-bond acceptors (Lipinski definition) is 4. The highest BCUT2D eigenvalue weighted by Gasteiger charge is 2.16. The second-order valence-electron chi connectivity index (χ2n) is 13.8. The van der Waals surface area contributed by atoms with E-state index in [0.717, 1.165) is 94.2 Å². The first-order valence-corrected chi connectivity index (χ1v) is 18.1. The van der Waals surface area contributed by atoms with E-state index in [-0.39, 0.29) is 0 Å². The molecule has 11 rings (SSSR count). The van der Waals surface area contributed by atoms with Crippen LogP contribution < -0.4 is 0 Å². The molecule has 54 heavy (non-hydrogen) atoms. The van der Waals surface area contributed by atoms with E-state index in [2.05, 4.69) is 140 Å². The minimum atomic E-state index is 0.676. The Morgan fingerprint density at radius 2 is 0.778 bits per heavy atom. The Morgan fingerprint density at radius 3 is 1.43 bits per heavy atom. The van der Waals surface area contributed by atoms with E-state index in [0.29, 0.717) is 5.82 Å². The predicted octanol–water partition coefficient (Wildman–Crippen LogP) is 13.8. The van der Waals surface area contributed by atoms with Crippen molar-refractivity contribution in [2.24, 2.45) is 0 Å². The predicted molar refractivity (Wildman–Crippen MR) is 221 cm³/mol. The van der Waals surface area contributed by atoms with E-state index >= 15 is 0 Å². The van der Waals surface area contributed by atoms with Gasteiger partial charge in [-0.15, -0.1) is 0 Å². The molecule has 0 aliphatic carbocycles. The third kappa shape index (κ3) is 5.15. The average molecular weight is 691 g/mol. The lowest BCUT2D eigenvalue weighted by atomic mass is 9.93. The van der Waals surface area contributed by atoms with Gasteiger partial charge in [-0.1, -0.05) is 115 Å². The van der Waals surface area contributed by atoms with Crippen molar-refractivity contribution in [2.75, 3.05) is 0 Å². The Balaban J connectivity index is 1.13. The molecule has 0 N–H and O–H groups in total. The lowest BCUT2D eigenvalue weighted by Crippen LogP contribution is -1.96. The Kier molecular flexibility index (Phi) is 6.82. The van der Waals surface area contributed by atoms with Crippen molar-refractivity contribution in [1.82, 2.24) is 9.97 Å². The van der Waals surface area contributed by atoms with Crippen molar-refractivity contribution < 1.29 is 8.83 Å². The van der Waals surface area contributed by atoms with E-state index in [1.165, 1.54) is 10.8 Å². The standard InChI is InChI=1S/C50H30N2O2/c1-2-11-32(12-3-1)50-51-44(36-19-18-31-10-4-5-13-33(31)24-36)30-45(52-50)39-26-37(34-20-22-42-40-14-6-8-16-46(40)53-48(42)28-34)25-38(27-39)35-21-23-43-41-15-7-9-17-47(41)54-49(43)29-35/h1-30H. The maximum atomic E-state index is 6.35. The fourth-order valence-corrected chi connectivity index (χ4v) is 7.73. The molecule has 0 atom stereocenters. The number of benzene rings is 8. The van der Waals surface area contributed by atoms with Crippen LogP contribution in [0.15, 0.2) is 191 Å². The lowest BCUT2D eigenvalue weighted by Gasteiger charge is -2.13. The van der Waals surface area contributed by atoms with Crippen LogP contribution in [-0.2, 0) is 0 Å². The zero-order valence-corrected chi connectivity index (χ0v) is 29.0. The molecule has 4 heteroatoms. The van der Waals surface area contributed by atoms with Gasteiger partial charge in [-0.25, -0.2) is 9.97 Å². The fourth-order valence-electron chi connectivity index (χ4n) is 7.73. The van der Waals surface area contributed by atoms with Gasteiger partial charge in [0.2, 0.25) is 0 Å². The van der Waals surface area contributed by atoms with Gasteiger partial charge < -0.3 is 8.83 Å². The second kappa shape index (κ2) is 12.1. The topological polar surface area (TPSA) is 52.1 Å². The Bertz CT molecular complexity index is 3100. The summed E-state index contributed by atoms with van der Waals surface area (Å²) < 4.78 is 12.7. The normalized spacial score (nSPS) is 11.7. The first kappa shape index (κ1) is 30.3. The average Bonchev–Trinajstić information content (AvgIpc) is 3.81. The van der Waals surface area contributed by atoms with Gasteiger partial charge in [0.15, 0.2) is 5.82 Å². The van der Waals surface area contributed by atoms with Crippen molar-refractivity contribution in [3.8, 4) is 56.2 Å². The smallest absolute Gasteiger partial charge is 0.160 e. The highest BCUT2D eigenvalue weighted by Crippen LogP contribution is 2.39. The van der Waals surface area contributed by atoms with Crippen LogP contribution in [0.4, 0.5) is 0 Å². The van der Waals surface area contributed by atoms with Gasteiger partial charge in [0.1, 0.15) is 22.3 Å². The number of aromatic nitrogens is 2. The zero-order chi connectivity index (χ0) is 35.6. The Hall–Kier alpha value is -7.30.